The van der Waals surface area contributed by atoms with Gasteiger partial charge in [0.15, 0.2) is 0 Å². The van der Waals surface area contributed by atoms with Crippen molar-refractivity contribution in [1.82, 2.24) is 10.5 Å². The molecule has 0 aliphatic heterocycles. The molecule has 2 unspecified atom stereocenters. The molecule has 2 atom stereocenters. The first-order valence-electron chi connectivity index (χ1n) is 8.18. The van der Waals surface area contributed by atoms with E-state index in [-0.39, 0.29) is 17.9 Å². The van der Waals surface area contributed by atoms with Crippen LogP contribution in [0.4, 0.5) is 0 Å². The van der Waals surface area contributed by atoms with Gasteiger partial charge in [0.1, 0.15) is 0 Å². The molecule has 4 aliphatic carbocycles. The molecule has 1 aromatic heterocycles. The summed E-state index contributed by atoms with van der Waals surface area (Å²) >= 11 is 0. The van der Waals surface area contributed by atoms with E-state index in [4.69, 9.17) is 4.84 Å². The highest BCUT2D eigenvalue weighted by molar-refractivity contribution is 5.85. The minimum Gasteiger partial charge on any atom is -0.373 e. The molecule has 1 N–H and O–H groups in total. The Bertz CT molecular complexity index is 480. The van der Waals surface area contributed by atoms with Gasteiger partial charge in [-0.25, -0.2) is 0 Å². The molecule has 128 valence electrons. The Kier molecular flexibility index (Phi) is 5.37. The van der Waals surface area contributed by atoms with Gasteiger partial charge in [0.05, 0.1) is 5.54 Å². The van der Waals surface area contributed by atoms with E-state index in [9.17, 15) is 4.79 Å². The number of hydrogen-bond acceptors (Lipinski definition) is 4. The Morgan fingerprint density at radius 3 is 2.04 bits per heavy atom. The zero-order chi connectivity index (χ0) is 15.7. The fourth-order valence-corrected chi connectivity index (χ4v) is 6.02. The van der Waals surface area contributed by atoms with Gasteiger partial charge in [-0.05, 0) is 67.4 Å². The van der Waals surface area contributed by atoms with E-state index in [2.05, 4.69) is 24.3 Å². The normalized spacial score (nSPS) is 39.7. The lowest BCUT2D eigenvalue weighted by Crippen LogP contribution is -2.64. The van der Waals surface area contributed by atoms with E-state index in [1.165, 1.54) is 38.5 Å². The summed E-state index contributed by atoms with van der Waals surface area (Å²) in [5, 5.41) is 0. The van der Waals surface area contributed by atoms with Crippen LogP contribution in [0.1, 0.15) is 52.4 Å². The van der Waals surface area contributed by atoms with Crippen LogP contribution in [0.15, 0.2) is 30.6 Å². The fraction of sp³-hybridized carbons (Fsp3) is 0.667. The molecule has 0 radical (unpaired) electrons. The highest BCUT2D eigenvalue weighted by Gasteiger charge is 2.60. The largest absolute Gasteiger partial charge is 0.373 e. The van der Waals surface area contributed by atoms with Crippen LogP contribution in [0.2, 0.25) is 0 Å². The quantitative estimate of drug-likeness (QED) is 0.670. The first kappa shape index (κ1) is 18.2. The van der Waals surface area contributed by atoms with Crippen molar-refractivity contribution in [3.8, 4) is 0 Å². The molecule has 4 fully saturated rings. The van der Waals surface area contributed by atoms with E-state index in [1.54, 1.807) is 12.4 Å². The lowest BCUT2D eigenvalue weighted by molar-refractivity contribution is -0.172. The molecule has 0 amide bonds. The van der Waals surface area contributed by atoms with Gasteiger partial charge >= 0.3 is 6.47 Å². The van der Waals surface area contributed by atoms with Crippen LogP contribution < -0.4 is 5.48 Å². The van der Waals surface area contributed by atoms with Crippen molar-refractivity contribution < 1.29 is 9.63 Å². The van der Waals surface area contributed by atoms with Gasteiger partial charge in [0.25, 0.3) is 0 Å². The summed E-state index contributed by atoms with van der Waals surface area (Å²) in [6.07, 6.45) is 11.1. The second-order valence-electron chi connectivity index (χ2n) is 8.25. The van der Waals surface area contributed by atoms with Crippen molar-refractivity contribution >= 4 is 18.9 Å². The SMILES string of the molecule is CC12CC3CC(C)(C1)CC(NOC=O)(C3)C2.Cl.c1ccncc1. The summed E-state index contributed by atoms with van der Waals surface area (Å²) in [5.41, 5.74) is 4.06. The van der Waals surface area contributed by atoms with Crippen LogP contribution in [0, 0.1) is 16.7 Å². The molecule has 5 heteroatoms. The predicted octanol–water partition coefficient (Wildman–Crippen LogP) is 3.92. The average Bonchev–Trinajstić information content (AvgIpc) is 2.44. The third-order valence-corrected chi connectivity index (χ3v) is 5.52. The molecule has 1 aromatic rings. The van der Waals surface area contributed by atoms with E-state index < -0.39 is 0 Å². The van der Waals surface area contributed by atoms with Crippen LogP contribution in [0.25, 0.3) is 0 Å². The summed E-state index contributed by atoms with van der Waals surface area (Å²) in [4.78, 5) is 19.0. The third-order valence-electron chi connectivity index (χ3n) is 5.52. The molecule has 1 heterocycles. The van der Waals surface area contributed by atoms with Crippen LogP contribution in [0.5, 0.6) is 0 Å². The average molecular weight is 339 g/mol. The summed E-state index contributed by atoms with van der Waals surface area (Å²) in [6.45, 7) is 5.34. The van der Waals surface area contributed by atoms with Crippen molar-refractivity contribution in [3.05, 3.63) is 30.6 Å². The van der Waals surface area contributed by atoms with Gasteiger partial charge in [-0.2, -0.15) is 0 Å². The van der Waals surface area contributed by atoms with Crippen LogP contribution in [0.3, 0.4) is 0 Å². The first-order valence-corrected chi connectivity index (χ1v) is 8.18. The summed E-state index contributed by atoms with van der Waals surface area (Å²) in [5.74, 6) is 0.828. The van der Waals surface area contributed by atoms with Crippen molar-refractivity contribution in [1.29, 1.82) is 0 Å². The van der Waals surface area contributed by atoms with Crippen LogP contribution in [-0.4, -0.2) is 17.0 Å². The van der Waals surface area contributed by atoms with E-state index in [1.807, 2.05) is 18.2 Å². The lowest BCUT2D eigenvalue weighted by atomic mass is 9.43. The van der Waals surface area contributed by atoms with Crippen LogP contribution in [-0.2, 0) is 9.63 Å². The second-order valence-corrected chi connectivity index (χ2v) is 8.25. The van der Waals surface area contributed by atoms with E-state index in [0.29, 0.717) is 17.3 Å². The number of pyridine rings is 1. The number of carbonyl (C=O) groups is 1. The number of nitrogens with one attached hydrogen (secondary N) is 1. The number of halogens is 1. The number of aromatic nitrogens is 1. The molecule has 4 saturated carbocycles. The zero-order valence-corrected chi connectivity index (χ0v) is 14.8. The van der Waals surface area contributed by atoms with Gasteiger partial charge in [0, 0.05) is 12.4 Å². The van der Waals surface area contributed by atoms with Gasteiger partial charge in [0.2, 0.25) is 0 Å². The Labute approximate surface area is 144 Å². The van der Waals surface area contributed by atoms with E-state index >= 15 is 0 Å². The number of hydrogen-bond donors (Lipinski definition) is 1. The number of nitrogens with zero attached hydrogens (tertiary/aromatic N) is 1. The molecule has 0 spiro atoms. The lowest BCUT2D eigenvalue weighted by Gasteiger charge is -2.64. The maximum atomic E-state index is 10.4. The molecule has 0 aromatic carbocycles. The van der Waals surface area contributed by atoms with E-state index in [0.717, 1.165) is 5.92 Å². The highest BCUT2D eigenvalue weighted by Crippen LogP contribution is 2.66. The summed E-state index contributed by atoms with van der Waals surface area (Å²) in [6, 6.07) is 5.72. The maximum absolute atomic E-state index is 10.4. The minimum absolute atomic E-state index is 0. The smallest absolute Gasteiger partial charge is 0.312 e. The molecular weight excluding hydrogens is 312 g/mol. The molecule has 4 nitrogen and oxygen atoms in total. The molecule has 5 rings (SSSR count). The zero-order valence-electron chi connectivity index (χ0n) is 14.0. The molecule has 4 bridgehead atoms. The molecule has 0 saturated heterocycles. The monoisotopic (exact) mass is 338 g/mol. The van der Waals surface area contributed by atoms with Gasteiger partial charge < -0.3 is 4.84 Å². The Hall–Kier alpha value is -1.13. The Balaban J connectivity index is 0.000000234. The topological polar surface area (TPSA) is 51.2 Å². The highest BCUT2D eigenvalue weighted by atomic mass is 35.5. The fourth-order valence-electron chi connectivity index (χ4n) is 6.02. The number of carbonyl (C=O) groups excluding carboxylic acids is 1. The number of rotatable bonds is 3. The third kappa shape index (κ3) is 4.04. The number of hydroxylamine groups is 1. The van der Waals surface area contributed by atoms with Gasteiger partial charge in [-0.1, -0.05) is 19.9 Å². The minimum atomic E-state index is 0. The summed E-state index contributed by atoms with van der Waals surface area (Å²) in [7, 11) is 0. The Morgan fingerprint density at radius 1 is 1.04 bits per heavy atom. The second kappa shape index (κ2) is 6.78. The van der Waals surface area contributed by atoms with Gasteiger partial charge in [-0.15, -0.1) is 17.9 Å². The molecule has 4 aliphatic rings. The molecular formula is C18H27ClN2O2. The van der Waals surface area contributed by atoms with Crippen molar-refractivity contribution in [3.63, 3.8) is 0 Å². The van der Waals surface area contributed by atoms with Crippen molar-refractivity contribution in [2.24, 2.45) is 16.7 Å². The maximum Gasteiger partial charge on any atom is 0.312 e. The van der Waals surface area contributed by atoms with Gasteiger partial charge in [-0.3, -0.25) is 9.78 Å². The van der Waals surface area contributed by atoms with Crippen LogP contribution >= 0.6 is 12.4 Å². The molecule has 23 heavy (non-hydrogen) atoms. The van der Waals surface area contributed by atoms with Crippen molar-refractivity contribution in [2.75, 3.05) is 0 Å². The Morgan fingerprint density at radius 2 is 1.65 bits per heavy atom. The van der Waals surface area contributed by atoms with Crippen molar-refractivity contribution in [2.45, 2.75) is 57.9 Å². The predicted molar refractivity (Wildman–Crippen MR) is 91.9 cm³/mol. The first-order chi connectivity index (χ1) is 10.5. The summed E-state index contributed by atoms with van der Waals surface area (Å²) < 4.78 is 0. The standard InChI is InChI=1S/C13H21NO2.C5H5N.ClH/c1-11-3-10-4-12(2,6-11)8-13(5-10,7-11)14-16-9-15;1-2-4-6-5-3-1;/h9-10,14H,3-8H2,1-2H3;1-5H;1H.